The largest absolute Gasteiger partial charge is 0.465 e. The first kappa shape index (κ1) is 13.3. The number of esters is 1. The molecule has 0 saturated heterocycles. The molecule has 0 amide bonds. The lowest BCUT2D eigenvalue weighted by atomic mass is 10.1. The smallest absolute Gasteiger partial charge is 0.337 e. The van der Waals surface area contributed by atoms with E-state index in [4.69, 9.17) is 0 Å². The molecule has 0 unspecified atom stereocenters. The first-order chi connectivity index (χ1) is 9.29. The van der Waals surface area contributed by atoms with E-state index >= 15 is 0 Å². The number of carbonyl (C=O) groups excluding carboxylic acids is 1. The van der Waals surface area contributed by atoms with Gasteiger partial charge in [-0.2, -0.15) is 0 Å². The number of rotatable bonds is 5. The molecule has 0 atom stereocenters. The molecule has 2 rings (SSSR count). The third kappa shape index (κ3) is 3.93. The Morgan fingerprint density at radius 3 is 2.11 bits per heavy atom. The maximum absolute atomic E-state index is 11.3. The van der Waals surface area contributed by atoms with Crippen LogP contribution in [0.2, 0.25) is 0 Å². The van der Waals surface area contributed by atoms with Gasteiger partial charge in [-0.05, 0) is 23.3 Å². The quantitative estimate of drug-likeness (QED) is 0.835. The van der Waals surface area contributed by atoms with E-state index in [1.165, 1.54) is 12.7 Å². The average Bonchev–Trinajstić information content (AvgIpc) is 2.48. The van der Waals surface area contributed by atoms with Crippen LogP contribution in [0.15, 0.2) is 54.6 Å². The molecule has 0 fully saturated rings. The molecule has 0 aliphatic rings. The zero-order valence-electron chi connectivity index (χ0n) is 10.9. The lowest BCUT2D eigenvalue weighted by Gasteiger charge is -2.06. The van der Waals surface area contributed by atoms with Crippen molar-refractivity contribution in [1.82, 2.24) is 5.32 Å². The van der Waals surface area contributed by atoms with Gasteiger partial charge in [-0.3, -0.25) is 0 Å². The molecule has 0 aromatic heterocycles. The number of carbonyl (C=O) groups is 1. The molecule has 0 radical (unpaired) electrons. The molecular formula is C16H17NO2. The van der Waals surface area contributed by atoms with E-state index in [1.54, 1.807) is 12.1 Å². The Morgan fingerprint density at radius 1 is 0.947 bits per heavy atom. The van der Waals surface area contributed by atoms with Crippen LogP contribution in [0.3, 0.4) is 0 Å². The van der Waals surface area contributed by atoms with E-state index in [0.29, 0.717) is 5.56 Å². The highest BCUT2D eigenvalue weighted by Gasteiger charge is 2.03. The molecule has 0 bridgehead atoms. The second kappa shape index (κ2) is 6.71. The van der Waals surface area contributed by atoms with Crippen molar-refractivity contribution in [3.8, 4) is 0 Å². The van der Waals surface area contributed by atoms with Gasteiger partial charge >= 0.3 is 5.97 Å². The normalized spacial score (nSPS) is 10.2. The number of hydrogen-bond acceptors (Lipinski definition) is 3. The van der Waals surface area contributed by atoms with Crippen molar-refractivity contribution in [2.24, 2.45) is 0 Å². The van der Waals surface area contributed by atoms with E-state index < -0.39 is 0 Å². The van der Waals surface area contributed by atoms with E-state index in [9.17, 15) is 4.79 Å². The van der Waals surface area contributed by atoms with Crippen molar-refractivity contribution in [2.45, 2.75) is 13.1 Å². The highest BCUT2D eigenvalue weighted by Crippen LogP contribution is 2.06. The van der Waals surface area contributed by atoms with Crippen LogP contribution in [0.1, 0.15) is 21.5 Å². The van der Waals surface area contributed by atoms with Crippen LogP contribution in [0.25, 0.3) is 0 Å². The molecule has 3 heteroatoms. The summed E-state index contributed by atoms with van der Waals surface area (Å²) in [4.78, 5) is 11.3. The zero-order valence-corrected chi connectivity index (χ0v) is 10.9. The van der Waals surface area contributed by atoms with Crippen LogP contribution in [-0.2, 0) is 17.8 Å². The predicted molar refractivity (Wildman–Crippen MR) is 74.8 cm³/mol. The maximum Gasteiger partial charge on any atom is 0.337 e. The number of methoxy groups -OCH3 is 1. The summed E-state index contributed by atoms with van der Waals surface area (Å²) >= 11 is 0. The van der Waals surface area contributed by atoms with Crippen molar-refractivity contribution in [3.63, 3.8) is 0 Å². The van der Waals surface area contributed by atoms with Gasteiger partial charge in [0, 0.05) is 13.1 Å². The van der Waals surface area contributed by atoms with Gasteiger partial charge in [-0.1, -0.05) is 42.5 Å². The lowest BCUT2D eigenvalue weighted by molar-refractivity contribution is 0.0600. The van der Waals surface area contributed by atoms with Crippen molar-refractivity contribution in [1.29, 1.82) is 0 Å². The van der Waals surface area contributed by atoms with Crippen LogP contribution in [0.4, 0.5) is 0 Å². The second-order valence-electron chi connectivity index (χ2n) is 4.28. The van der Waals surface area contributed by atoms with Crippen LogP contribution >= 0.6 is 0 Å². The molecule has 98 valence electrons. The van der Waals surface area contributed by atoms with E-state index in [-0.39, 0.29) is 5.97 Å². The van der Waals surface area contributed by atoms with Gasteiger partial charge in [0.15, 0.2) is 0 Å². The molecule has 0 aliphatic carbocycles. The summed E-state index contributed by atoms with van der Waals surface area (Å²) in [6.07, 6.45) is 0. The van der Waals surface area contributed by atoms with E-state index in [2.05, 4.69) is 22.2 Å². The highest BCUT2D eigenvalue weighted by atomic mass is 16.5. The van der Waals surface area contributed by atoms with Crippen molar-refractivity contribution in [3.05, 3.63) is 71.3 Å². The standard InChI is InChI=1S/C16H17NO2/c1-19-16(18)15-9-7-14(8-10-15)12-17-11-13-5-3-2-4-6-13/h2-10,17H,11-12H2,1H3. The maximum atomic E-state index is 11.3. The fraction of sp³-hybridized carbons (Fsp3) is 0.188. The van der Waals surface area contributed by atoms with Crippen molar-refractivity contribution >= 4 is 5.97 Å². The van der Waals surface area contributed by atoms with Gasteiger partial charge in [-0.25, -0.2) is 4.79 Å². The summed E-state index contributed by atoms with van der Waals surface area (Å²) in [5.41, 5.74) is 2.98. The summed E-state index contributed by atoms with van der Waals surface area (Å²) in [6.45, 7) is 1.61. The number of nitrogens with one attached hydrogen (secondary N) is 1. The number of benzene rings is 2. The van der Waals surface area contributed by atoms with Gasteiger partial charge in [0.2, 0.25) is 0 Å². The Hall–Kier alpha value is -2.13. The van der Waals surface area contributed by atoms with E-state index in [1.807, 2.05) is 30.3 Å². The first-order valence-electron chi connectivity index (χ1n) is 6.21. The Labute approximate surface area is 113 Å². The Morgan fingerprint density at radius 2 is 1.53 bits per heavy atom. The van der Waals surface area contributed by atoms with Crippen LogP contribution in [0, 0.1) is 0 Å². The summed E-state index contributed by atoms with van der Waals surface area (Å²) in [5, 5.41) is 3.36. The average molecular weight is 255 g/mol. The van der Waals surface area contributed by atoms with Crippen LogP contribution < -0.4 is 5.32 Å². The predicted octanol–water partition coefficient (Wildman–Crippen LogP) is 2.76. The van der Waals surface area contributed by atoms with Crippen molar-refractivity contribution in [2.75, 3.05) is 7.11 Å². The Balaban J connectivity index is 1.85. The number of hydrogen-bond donors (Lipinski definition) is 1. The molecule has 2 aromatic rings. The monoisotopic (exact) mass is 255 g/mol. The summed E-state index contributed by atoms with van der Waals surface area (Å²) < 4.78 is 4.66. The lowest BCUT2D eigenvalue weighted by Crippen LogP contribution is -2.12. The topological polar surface area (TPSA) is 38.3 Å². The molecule has 2 aromatic carbocycles. The van der Waals surface area contributed by atoms with Gasteiger partial charge in [-0.15, -0.1) is 0 Å². The van der Waals surface area contributed by atoms with Gasteiger partial charge in [0.05, 0.1) is 12.7 Å². The molecule has 0 spiro atoms. The Kier molecular flexibility index (Phi) is 4.70. The van der Waals surface area contributed by atoms with Gasteiger partial charge < -0.3 is 10.1 Å². The molecule has 0 heterocycles. The molecule has 3 nitrogen and oxygen atoms in total. The second-order valence-corrected chi connectivity index (χ2v) is 4.28. The van der Waals surface area contributed by atoms with E-state index in [0.717, 1.165) is 18.7 Å². The molecular weight excluding hydrogens is 238 g/mol. The fourth-order valence-corrected chi connectivity index (χ4v) is 1.82. The minimum Gasteiger partial charge on any atom is -0.465 e. The summed E-state index contributed by atoms with van der Waals surface area (Å²) in [7, 11) is 1.39. The molecule has 1 N–H and O–H groups in total. The van der Waals surface area contributed by atoms with Gasteiger partial charge in [0.1, 0.15) is 0 Å². The Bertz CT molecular complexity index is 520. The third-order valence-corrected chi connectivity index (χ3v) is 2.88. The first-order valence-corrected chi connectivity index (χ1v) is 6.21. The highest BCUT2D eigenvalue weighted by molar-refractivity contribution is 5.89. The zero-order chi connectivity index (χ0) is 13.5. The fourth-order valence-electron chi connectivity index (χ4n) is 1.82. The minimum atomic E-state index is -0.302. The van der Waals surface area contributed by atoms with Crippen LogP contribution in [0.5, 0.6) is 0 Å². The summed E-state index contributed by atoms with van der Waals surface area (Å²) in [6, 6.07) is 17.7. The summed E-state index contributed by atoms with van der Waals surface area (Å²) in [5.74, 6) is -0.302. The SMILES string of the molecule is COC(=O)c1ccc(CNCc2ccccc2)cc1. The number of ether oxygens (including phenoxy) is 1. The molecule has 0 saturated carbocycles. The molecule has 0 aliphatic heterocycles. The minimum absolute atomic E-state index is 0.302. The third-order valence-electron chi connectivity index (χ3n) is 2.88. The van der Waals surface area contributed by atoms with Crippen LogP contribution in [-0.4, -0.2) is 13.1 Å². The van der Waals surface area contributed by atoms with Gasteiger partial charge in [0.25, 0.3) is 0 Å². The molecule has 19 heavy (non-hydrogen) atoms. The van der Waals surface area contributed by atoms with Crippen molar-refractivity contribution < 1.29 is 9.53 Å².